The van der Waals surface area contributed by atoms with Crippen molar-refractivity contribution in [3.05, 3.63) is 11.4 Å². The molecule has 19 heavy (non-hydrogen) atoms. The fourth-order valence-corrected chi connectivity index (χ4v) is 1.51. The maximum atomic E-state index is 10.8. The van der Waals surface area contributed by atoms with Crippen LogP contribution in [-0.4, -0.2) is 40.2 Å². The lowest BCUT2D eigenvalue weighted by atomic mass is 10.2. The minimum Gasteiger partial charge on any atom is -0.381 e. The molecule has 1 heterocycles. The van der Waals surface area contributed by atoms with Gasteiger partial charge in [-0.2, -0.15) is 0 Å². The van der Waals surface area contributed by atoms with Crippen LogP contribution >= 0.6 is 0 Å². The van der Waals surface area contributed by atoms with Crippen LogP contribution in [0.3, 0.4) is 0 Å². The average molecular weight is 267 g/mol. The number of aliphatic hydroxyl groups excluding tert-OH is 1. The summed E-state index contributed by atoms with van der Waals surface area (Å²) >= 11 is 0. The van der Waals surface area contributed by atoms with E-state index < -0.39 is 12.0 Å². The standard InChI is InChI=1S/C12H21N5O2/c1-4-5-14-11-7(2)12(17-8(3)16-11)15-6-9(18)10(13)19/h9,18H,4-6H2,1-3H3,(H2,13,19)(H2,14,15,16,17). The molecule has 0 spiro atoms. The minimum atomic E-state index is -1.23. The molecule has 5 N–H and O–H groups in total. The molecule has 0 aromatic carbocycles. The SMILES string of the molecule is CCCNc1nc(C)nc(NCC(O)C(N)=O)c1C. The van der Waals surface area contributed by atoms with Crippen LogP contribution in [0, 0.1) is 13.8 Å². The number of primary amides is 1. The number of hydrogen-bond donors (Lipinski definition) is 4. The molecule has 1 amide bonds. The van der Waals surface area contributed by atoms with Crippen molar-refractivity contribution in [3.8, 4) is 0 Å². The lowest BCUT2D eigenvalue weighted by Gasteiger charge is -2.15. The summed E-state index contributed by atoms with van der Waals surface area (Å²) < 4.78 is 0. The Morgan fingerprint density at radius 2 is 1.89 bits per heavy atom. The topological polar surface area (TPSA) is 113 Å². The normalized spacial score (nSPS) is 12.0. The highest BCUT2D eigenvalue weighted by molar-refractivity contribution is 5.79. The predicted octanol–water partition coefficient (Wildman–Crippen LogP) is 0.173. The minimum absolute atomic E-state index is 0.0276. The summed E-state index contributed by atoms with van der Waals surface area (Å²) in [5, 5.41) is 15.5. The lowest BCUT2D eigenvalue weighted by Crippen LogP contribution is -2.34. The van der Waals surface area contributed by atoms with E-state index in [0.29, 0.717) is 11.6 Å². The first-order valence-corrected chi connectivity index (χ1v) is 6.26. The van der Waals surface area contributed by atoms with Crippen molar-refractivity contribution >= 4 is 17.5 Å². The van der Waals surface area contributed by atoms with Crippen molar-refractivity contribution in [2.45, 2.75) is 33.3 Å². The monoisotopic (exact) mass is 267 g/mol. The van der Waals surface area contributed by atoms with Gasteiger partial charge in [0.15, 0.2) is 0 Å². The Kier molecular flexibility index (Phi) is 5.50. The van der Waals surface area contributed by atoms with Crippen LogP contribution in [0.5, 0.6) is 0 Å². The van der Waals surface area contributed by atoms with Crippen molar-refractivity contribution in [3.63, 3.8) is 0 Å². The van der Waals surface area contributed by atoms with Crippen LogP contribution in [0.1, 0.15) is 24.7 Å². The third-order valence-electron chi connectivity index (χ3n) is 2.59. The molecule has 0 saturated heterocycles. The van der Waals surface area contributed by atoms with Gasteiger partial charge in [-0.05, 0) is 20.3 Å². The number of aliphatic hydroxyl groups is 1. The quantitative estimate of drug-likeness (QED) is 0.560. The highest BCUT2D eigenvalue weighted by Crippen LogP contribution is 2.19. The van der Waals surface area contributed by atoms with Crippen molar-refractivity contribution < 1.29 is 9.90 Å². The summed E-state index contributed by atoms with van der Waals surface area (Å²) in [4.78, 5) is 19.3. The Bertz CT molecular complexity index is 450. The zero-order valence-corrected chi connectivity index (χ0v) is 11.5. The molecule has 0 aliphatic rings. The van der Waals surface area contributed by atoms with Gasteiger partial charge in [-0.3, -0.25) is 4.79 Å². The molecule has 0 aliphatic heterocycles. The zero-order valence-electron chi connectivity index (χ0n) is 11.5. The molecule has 1 aromatic rings. The molecule has 1 rings (SSSR count). The summed E-state index contributed by atoms with van der Waals surface area (Å²) in [7, 11) is 0. The molecular formula is C12H21N5O2. The van der Waals surface area contributed by atoms with E-state index in [1.807, 2.05) is 6.92 Å². The van der Waals surface area contributed by atoms with Gasteiger partial charge < -0.3 is 21.5 Å². The molecule has 7 nitrogen and oxygen atoms in total. The summed E-state index contributed by atoms with van der Waals surface area (Å²) in [5.41, 5.74) is 5.83. The van der Waals surface area contributed by atoms with E-state index in [0.717, 1.165) is 24.3 Å². The van der Waals surface area contributed by atoms with Crippen LogP contribution < -0.4 is 16.4 Å². The molecule has 1 aromatic heterocycles. The number of carbonyl (C=O) groups excluding carboxylic acids is 1. The van der Waals surface area contributed by atoms with E-state index in [4.69, 9.17) is 5.73 Å². The van der Waals surface area contributed by atoms with E-state index in [2.05, 4.69) is 27.5 Å². The number of aryl methyl sites for hydroxylation is 1. The molecule has 0 bridgehead atoms. The second-order valence-corrected chi connectivity index (χ2v) is 4.32. The fraction of sp³-hybridized carbons (Fsp3) is 0.583. The Balaban J connectivity index is 2.82. The Hall–Kier alpha value is -1.89. The lowest BCUT2D eigenvalue weighted by molar-refractivity contribution is -0.125. The zero-order chi connectivity index (χ0) is 14.4. The van der Waals surface area contributed by atoms with Gasteiger partial charge in [0.1, 0.15) is 23.6 Å². The molecule has 0 saturated carbocycles. The van der Waals surface area contributed by atoms with Crippen molar-refractivity contribution in [2.24, 2.45) is 5.73 Å². The van der Waals surface area contributed by atoms with E-state index in [1.54, 1.807) is 6.92 Å². The first-order chi connectivity index (χ1) is 8.95. The molecule has 0 fully saturated rings. The predicted molar refractivity (Wildman–Crippen MR) is 74.0 cm³/mol. The number of carbonyl (C=O) groups is 1. The smallest absolute Gasteiger partial charge is 0.248 e. The number of amides is 1. The number of hydrogen-bond acceptors (Lipinski definition) is 6. The Labute approximate surface area is 112 Å². The third-order valence-corrected chi connectivity index (χ3v) is 2.59. The highest BCUT2D eigenvalue weighted by atomic mass is 16.3. The molecule has 7 heteroatoms. The van der Waals surface area contributed by atoms with Crippen molar-refractivity contribution in [1.82, 2.24) is 9.97 Å². The van der Waals surface area contributed by atoms with Gasteiger partial charge in [-0.1, -0.05) is 6.92 Å². The van der Waals surface area contributed by atoms with Gasteiger partial charge in [0.25, 0.3) is 0 Å². The number of rotatable bonds is 7. The average Bonchev–Trinajstić information content (AvgIpc) is 2.37. The summed E-state index contributed by atoms with van der Waals surface area (Å²) in [6, 6.07) is 0. The van der Waals surface area contributed by atoms with Gasteiger partial charge in [0.05, 0.1) is 6.54 Å². The Morgan fingerprint density at radius 1 is 1.32 bits per heavy atom. The van der Waals surface area contributed by atoms with Gasteiger partial charge in [-0.25, -0.2) is 9.97 Å². The summed E-state index contributed by atoms with van der Waals surface area (Å²) in [6.07, 6.45) is -0.243. The van der Waals surface area contributed by atoms with Gasteiger partial charge in [0, 0.05) is 12.1 Å². The number of nitrogens with one attached hydrogen (secondary N) is 2. The fourth-order valence-electron chi connectivity index (χ4n) is 1.51. The second kappa shape index (κ2) is 6.89. The third kappa shape index (κ3) is 4.36. The first kappa shape index (κ1) is 15.2. The van der Waals surface area contributed by atoms with E-state index >= 15 is 0 Å². The number of aromatic nitrogens is 2. The number of nitrogens with zero attached hydrogens (tertiary/aromatic N) is 2. The second-order valence-electron chi connectivity index (χ2n) is 4.32. The molecular weight excluding hydrogens is 246 g/mol. The number of anilines is 2. The summed E-state index contributed by atoms with van der Waals surface area (Å²) in [5.74, 6) is 1.19. The Morgan fingerprint density at radius 3 is 2.42 bits per heavy atom. The van der Waals surface area contributed by atoms with Gasteiger partial charge >= 0.3 is 0 Å². The number of nitrogens with two attached hydrogens (primary N) is 1. The highest BCUT2D eigenvalue weighted by Gasteiger charge is 2.13. The van der Waals surface area contributed by atoms with E-state index in [1.165, 1.54) is 0 Å². The van der Waals surface area contributed by atoms with Crippen LogP contribution in [0.15, 0.2) is 0 Å². The molecule has 106 valence electrons. The van der Waals surface area contributed by atoms with Crippen LogP contribution in [0.25, 0.3) is 0 Å². The van der Waals surface area contributed by atoms with E-state index in [-0.39, 0.29) is 6.54 Å². The van der Waals surface area contributed by atoms with Gasteiger partial charge in [0.2, 0.25) is 5.91 Å². The van der Waals surface area contributed by atoms with Crippen molar-refractivity contribution in [1.29, 1.82) is 0 Å². The van der Waals surface area contributed by atoms with Gasteiger partial charge in [-0.15, -0.1) is 0 Å². The maximum absolute atomic E-state index is 10.8. The van der Waals surface area contributed by atoms with Crippen molar-refractivity contribution in [2.75, 3.05) is 23.7 Å². The molecule has 1 unspecified atom stereocenters. The molecule has 1 atom stereocenters. The summed E-state index contributed by atoms with van der Waals surface area (Å²) in [6.45, 7) is 6.57. The maximum Gasteiger partial charge on any atom is 0.248 e. The first-order valence-electron chi connectivity index (χ1n) is 6.26. The molecule has 0 aliphatic carbocycles. The van der Waals surface area contributed by atoms with Crippen LogP contribution in [0.4, 0.5) is 11.6 Å². The van der Waals surface area contributed by atoms with E-state index in [9.17, 15) is 9.90 Å². The van der Waals surface area contributed by atoms with Crippen LogP contribution in [0.2, 0.25) is 0 Å². The largest absolute Gasteiger partial charge is 0.381 e. The van der Waals surface area contributed by atoms with Crippen LogP contribution in [-0.2, 0) is 4.79 Å². The molecule has 0 radical (unpaired) electrons.